The van der Waals surface area contributed by atoms with Crippen molar-refractivity contribution in [1.82, 2.24) is 5.32 Å². The smallest absolute Gasteiger partial charge is 0.262 e. The van der Waals surface area contributed by atoms with Gasteiger partial charge in [0.05, 0.1) is 19.1 Å². The van der Waals surface area contributed by atoms with E-state index in [4.69, 9.17) is 15.6 Å². The molecule has 0 heterocycles. The summed E-state index contributed by atoms with van der Waals surface area (Å²) in [5.41, 5.74) is 1.67. The highest BCUT2D eigenvalue weighted by Gasteiger charge is 2.08. The van der Waals surface area contributed by atoms with Crippen LogP contribution >= 0.6 is 0 Å². The Labute approximate surface area is 129 Å². The second kappa shape index (κ2) is 9.17. The van der Waals surface area contributed by atoms with E-state index in [9.17, 15) is 4.79 Å². The lowest BCUT2D eigenvalue weighted by Crippen LogP contribution is -2.27. The van der Waals surface area contributed by atoms with Gasteiger partial charge in [-0.1, -0.05) is 12.1 Å². The molecular weight excluding hydrogens is 280 g/mol. The van der Waals surface area contributed by atoms with Crippen molar-refractivity contribution in [3.05, 3.63) is 35.4 Å². The van der Waals surface area contributed by atoms with Gasteiger partial charge in [0.2, 0.25) is 0 Å². The second-order valence-electron chi connectivity index (χ2n) is 4.57. The molecule has 1 amide bonds. The molecule has 0 fully saturated rings. The first-order chi connectivity index (χ1) is 10.6. The van der Waals surface area contributed by atoms with E-state index < -0.39 is 5.91 Å². The van der Waals surface area contributed by atoms with Gasteiger partial charge in [0.15, 0.2) is 0 Å². The molecule has 0 saturated heterocycles. The van der Waals surface area contributed by atoms with Crippen LogP contribution in [0.2, 0.25) is 0 Å². The number of carbonyl (C=O) groups excluding carboxylic acids is 1. The largest absolute Gasteiger partial charge is 0.395 e. The Balaban J connectivity index is 2.81. The predicted octanol–water partition coefficient (Wildman–Crippen LogP) is 1.05. The number of nitrogens with one attached hydrogen (secondary N) is 1. The summed E-state index contributed by atoms with van der Waals surface area (Å²) in [6.07, 6.45) is 1.94. The molecule has 1 aromatic rings. The average Bonchev–Trinajstić information content (AvgIpc) is 2.55. The van der Waals surface area contributed by atoms with Gasteiger partial charge in [-0.2, -0.15) is 10.5 Å². The van der Waals surface area contributed by atoms with Crippen molar-refractivity contribution in [1.29, 1.82) is 10.5 Å². The summed E-state index contributed by atoms with van der Waals surface area (Å²) < 4.78 is 0. The first-order valence-electron chi connectivity index (χ1n) is 6.81. The van der Waals surface area contributed by atoms with Crippen molar-refractivity contribution in [2.45, 2.75) is 6.42 Å². The molecule has 6 heteroatoms. The van der Waals surface area contributed by atoms with E-state index >= 15 is 0 Å². The number of carbonyl (C=O) groups is 1. The number of nitrogens with zero attached hydrogens (tertiary/aromatic N) is 3. The Bertz CT molecular complexity index is 609. The third-order valence-corrected chi connectivity index (χ3v) is 2.97. The number of aliphatic hydroxyl groups is 1. The number of benzene rings is 1. The fraction of sp³-hybridized carbons (Fsp3) is 0.312. The molecule has 0 saturated carbocycles. The summed E-state index contributed by atoms with van der Waals surface area (Å²) in [5, 5.41) is 28.7. The SMILES string of the molecule is CN(CCC#N)c1ccc(/C=C(\C#N)C(=O)NCCO)cc1. The summed E-state index contributed by atoms with van der Waals surface area (Å²) in [6, 6.07) is 11.3. The minimum Gasteiger partial charge on any atom is -0.395 e. The summed E-state index contributed by atoms with van der Waals surface area (Å²) in [4.78, 5) is 13.6. The van der Waals surface area contributed by atoms with Crippen LogP contribution in [-0.4, -0.2) is 37.8 Å². The second-order valence-corrected chi connectivity index (χ2v) is 4.57. The lowest BCUT2D eigenvalue weighted by Gasteiger charge is -2.17. The minimum atomic E-state index is -0.508. The molecule has 6 nitrogen and oxygen atoms in total. The van der Waals surface area contributed by atoms with Gasteiger partial charge in [-0.3, -0.25) is 4.79 Å². The predicted molar refractivity (Wildman–Crippen MR) is 83.6 cm³/mol. The van der Waals surface area contributed by atoms with Crippen molar-refractivity contribution in [3.8, 4) is 12.1 Å². The van der Waals surface area contributed by atoms with Crippen molar-refractivity contribution in [3.63, 3.8) is 0 Å². The Morgan fingerprint density at radius 2 is 2.05 bits per heavy atom. The van der Waals surface area contributed by atoms with Crippen LogP contribution in [0.5, 0.6) is 0 Å². The van der Waals surface area contributed by atoms with Crippen LogP contribution in [0.15, 0.2) is 29.8 Å². The molecule has 0 radical (unpaired) electrons. The van der Waals surface area contributed by atoms with Gasteiger partial charge >= 0.3 is 0 Å². The third-order valence-electron chi connectivity index (χ3n) is 2.97. The maximum atomic E-state index is 11.7. The number of aliphatic hydroxyl groups excluding tert-OH is 1. The summed E-state index contributed by atoms with van der Waals surface area (Å²) >= 11 is 0. The number of anilines is 1. The van der Waals surface area contributed by atoms with Gasteiger partial charge in [-0.05, 0) is 23.8 Å². The van der Waals surface area contributed by atoms with Crippen LogP contribution in [0.3, 0.4) is 0 Å². The molecule has 1 rings (SSSR count). The topological polar surface area (TPSA) is 100 Å². The van der Waals surface area contributed by atoms with Gasteiger partial charge in [-0.15, -0.1) is 0 Å². The van der Waals surface area contributed by atoms with E-state index in [1.165, 1.54) is 6.08 Å². The van der Waals surface area contributed by atoms with E-state index in [1.807, 2.05) is 30.1 Å². The van der Waals surface area contributed by atoms with E-state index in [0.717, 1.165) is 11.3 Å². The van der Waals surface area contributed by atoms with Crippen molar-refractivity contribution < 1.29 is 9.90 Å². The summed E-state index contributed by atoms with van der Waals surface area (Å²) in [5.74, 6) is -0.508. The van der Waals surface area contributed by atoms with Gasteiger partial charge in [0, 0.05) is 25.8 Å². The Morgan fingerprint density at radius 1 is 1.36 bits per heavy atom. The quantitative estimate of drug-likeness (QED) is 0.579. The highest BCUT2D eigenvalue weighted by molar-refractivity contribution is 6.01. The van der Waals surface area contributed by atoms with E-state index in [1.54, 1.807) is 12.1 Å². The number of rotatable bonds is 7. The van der Waals surface area contributed by atoms with Crippen LogP contribution in [0.1, 0.15) is 12.0 Å². The number of hydrogen-bond donors (Lipinski definition) is 2. The minimum absolute atomic E-state index is 0.0148. The summed E-state index contributed by atoms with van der Waals surface area (Å²) in [7, 11) is 1.89. The van der Waals surface area contributed by atoms with Crippen molar-refractivity contribution in [2.24, 2.45) is 0 Å². The molecule has 0 aliphatic heterocycles. The zero-order valence-corrected chi connectivity index (χ0v) is 12.4. The Kier molecular flexibility index (Phi) is 7.18. The standard InChI is InChI=1S/C16H18N4O2/c1-20(9-2-7-17)15-5-3-13(4-6-15)11-14(12-18)16(22)19-8-10-21/h3-6,11,21H,2,8-10H2,1H3,(H,19,22)/b14-11+. The first-order valence-corrected chi connectivity index (χ1v) is 6.81. The highest BCUT2D eigenvalue weighted by Crippen LogP contribution is 2.16. The molecule has 0 aromatic heterocycles. The molecule has 0 bridgehead atoms. The maximum Gasteiger partial charge on any atom is 0.262 e. The maximum absolute atomic E-state index is 11.7. The molecule has 22 heavy (non-hydrogen) atoms. The molecule has 0 atom stereocenters. The molecule has 0 unspecified atom stereocenters. The molecular formula is C16H18N4O2. The molecule has 114 valence electrons. The fourth-order valence-electron chi connectivity index (χ4n) is 1.75. The molecule has 2 N–H and O–H groups in total. The average molecular weight is 298 g/mol. The number of hydrogen-bond acceptors (Lipinski definition) is 5. The molecule has 0 aliphatic rings. The van der Waals surface area contributed by atoms with Crippen LogP contribution in [0.4, 0.5) is 5.69 Å². The third kappa shape index (κ3) is 5.28. The van der Waals surface area contributed by atoms with Gasteiger partial charge < -0.3 is 15.3 Å². The van der Waals surface area contributed by atoms with Gasteiger partial charge in [0.25, 0.3) is 5.91 Å². The van der Waals surface area contributed by atoms with Crippen molar-refractivity contribution in [2.75, 3.05) is 31.6 Å². The fourth-order valence-corrected chi connectivity index (χ4v) is 1.75. The normalized spacial score (nSPS) is 10.5. The highest BCUT2D eigenvalue weighted by atomic mass is 16.3. The zero-order chi connectivity index (χ0) is 16.4. The first kappa shape index (κ1) is 17.2. The van der Waals surface area contributed by atoms with Gasteiger partial charge in [-0.25, -0.2) is 0 Å². The van der Waals surface area contributed by atoms with Crippen LogP contribution < -0.4 is 10.2 Å². The molecule has 1 aromatic carbocycles. The number of nitriles is 2. The number of amides is 1. The Hall–Kier alpha value is -2.83. The van der Waals surface area contributed by atoms with Crippen LogP contribution in [0.25, 0.3) is 6.08 Å². The van der Waals surface area contributed by atoms with Crippen LogP contribution in [0, 0.1) is 22.7 Å². The zero-order valence-electron chi connectivity index (χ0n) is 12.4. The van der Waals surface area contributed by atoms with E-state index in [2.05, 4.69) is 11.4 Å². The lowest BCUT2D eigenvalue weighted by atomic mass is 10.1. The van der Waals surface area contributed by atoms with E-state index in [0.29, 0.717) is 13.0 Å². The lowest BCUT2D eigenvalue weighted by molar-refractivity contribution is -0.117. The van der Waals surface area contributed by atoms with E-state index in [-0.39, 0.29) is 18.7 Å². The molecule has 0 spiro atoms. The summed E-state index contributed by atoms with van der Waals surface area (Å²) in [6.45, 7) is 0.577. The van der Waals surface area contributed by atoms with Crippen molar-refractivity contribution >= 4 is 17.7 Å². The Morgan fingerprint density at radius 3 is 2.59 bits per heavy atom. The van der Waals surface area contributed by atoms with Crippen LogP contribution in [-0.2, 0) is 4.79 Å². The van der Waals surface area contributed by atoms with Gasteiger partial charge in [0.1, 0.15) is 11.6 Å². The monoisotopic (exact) mass is 298 g/mol. The molecule has 0 aliphatic carbocycles.